The normalized spacial score (nSPS) is 11.9. The van der Waals surface area contributed by atoms with Gasteiger partial charge in [0.25, 0.3) is 10.1 Å². The lowest BCUT2D eigenvalue weighted by Crippen LogP contribution is -1.97. The number of rotatable bonds is 4. The summed E-state index contributed by atoms with van der Waals surface area (Å²) in [6, 6.07) is 10.6. The van der Waals surface area contributed by atoms with E-state index in [0.717, 1.165) is 12.0 Å². The fraction of sp³-hybridized carbons (Fsp3) is 0.143. The Morgan fingerprint density at radius 2 is 1.71 bits per heavy atom. The van der Waals surface area contributed by atoms with Crippen molar-refractivity contribution in [2.24, 2.45) is 10.2 Å². The SMILES string of the molecule is CCc1ccc(O)c(N=Nc2ccccc2S(=O)(=O)O)c1. The van der Waals surface area contributed by atoms with Crippen molar-refractivity contribution in [3.8, 4) is 5.75 Å². The van der Waals surface area contributed by atoms with Crippen LogP contribution in [-0.4, -0.2) is 18.1 Å². The van der Waals surface area contributed by atoms with Crippen LogP contribution in [0, 0.1) is 0 Å². The summed E-state index contributed by atoms with van der Waals surface area (Å²) in [6.07, 6.45) is 0.768. The van der Waals surface area contributed by atoms with Crippen LogP contribution in [0.1, 0.15) is 12.5 Å². The average molecular weight is 306 g/mol. The van der Waals surface area contributed by atoms with Crippen LogP contribution in [0.3, 0.4) is 0 Å². The molecule has 0 saturated carbocycles. The molecule has 0 unspecified atom stereocenters. The first kappa shape index (κ1) is 15.1. The molecule has 0 aliphatic heterocycles. The van der Waals surface area contributed by atoms with Crippen molar-refractivity contribution in [3.63, 3.8) is 0 Å². The number of hydrogen-bond donors (Lipinski definition) is 2. The molecule has 0 radical (unpaired) electrons. The Morgan fingerprint density at radius 1 is 1.05 bits per heavy atom. The van der Waals surface area contributed by atoms with E-state index in [-0.39, 0.29) is 22.0 Å². The van der Waals surface area contributed by atoms with Gasteiger partial charge in [-0.1, -0.05) is 25.1 Å². The maximum Gasteiger partial charge on any atom is 0.296 e. The predicted molar refractivity (Wildman–Crippen MR) is 77.9 cm³/mol. The van der Waals surface area contributed by atoms with Crippen LogP contribution in [0.15, 0.2) is 57.6 Å². The summed E-state index contributed by atoms with van der Waals surface area (Å²) < 4.78 is 31.6. The Balaban J connectivity index is 2.43. The first-order valence-corrected chi connectivity index (χ1v) is 7.66. The number of aryl methyl sites for hydroxylation is 1. The van der Waals surface area contributed by atoms with Crippen molar-refractivity contribution < 1.29 is 18.1 Å². The second-order valence-electron chi connectivity index (χ2n) is 4.32. The lowest BCUT2D eigenvalue weighted by atomic mass is 10.1. The fourth-order valence-corrected chi connectivity index (χ4v) is 2.36. The molecule has 0 aromatic heterocycles. The molecule has 2 rings (SSSR count). The van der Waals surface area contributed by atoms with Crippen LogP contribution in [-0.2, 0) is 16.5 Å². The number of benzene rings is 2. The van der Waals surface area contributed by atoms with E-state index in [0.29, 0.717) is 0 Å². The van der Waals surface area contributed by atoms with Gasteiger partial charge in [0, 0.05) is 0 Å². The second-order valence-corrected chi connectivity index (χ2v) is 5.71. The van der Waals surface area contributed by atoms with Gasteiger partial charge in [-0.25, -0.2) is 0 Å². The third kappa shape index (κ3) is 3.65. The average Bonchev–Trinajstić information content (AvgIpc) is 2.46. The standard InChI is InChI=1S/C14H14N2O4S/c1-2-10-7-8-13(17)12(9-10)16-15-11-5-3-4-6-14(11)21(18,19)20/h3-9,17H,2H2,1H3,(H,18,19,20). The number of aromatic hydroxyl groups is 1. The first-order valence-electron chi connectivity index (χ1n) is 6.22. The van der Waals surface area contributed by atoms with Gasteiger partial charge in [-0.15, -0.1) is 10.2 Å². The molecule has 0 bridgehead atoms. The van der Waals surface area contributed by atoms with E-state index in [1.54, 1.807) is 18.2 Å². The minimum absolute atomic E-state index is 0.00121. The van der Waals surface area contributed by atoms with Gasteiger partial charge in [-0.05, 0) is 36.2 Å². The molecule has 0 spiro atoms. The molecule has 6 nitrogen and oxygen atoms in total. The number of nitrogens with zero attached hydrogens (tertiary/aromatic N) is 2. The minimum atomic E-state index is -4.38. The molecule has 0 aliphatic carbocycles. The molecule has 0 atom stereocenters. The van der Waals surface area contributed by atoms with Crippen molar-refractivity contribution in [1.29, 1.82) is 0 Å². The third-order valence-electron chi connectivity index (χ3n) is 2.86. The second kappa shape index (κ2) is 6.02. The summed E-state index contributed by atoms with van der Waals surface area (Å²) in [5.41, 5.74) is 1.20. The fourth-order valence-electron chi connectivity index (χ4n) is 1.73. The lowest BCUT2D eigenvalue weighted by Gasteiger charge is -2.02. The van der Waals surface area contributed by atoms with Gasteiger partial charge in [0.1, 0.15) is 22.0 Å². The van der Waals surface area contributed by atoms with Crippen LogP contribution in [0.2, 0.25) is 0 Å². The van der Waals surface area contributed by atoms with Crippen LogP contribution >= 0.6 is 0 Å². The largest absolute Gasteiger partial charge is 0.506 e. The summed E-state index contributed by atoms with van der Waals surface area (Å²) in [5.74, 6) is -0.0553. The van der Waals surface area contributed by atoms with Gasteiger partial charge in [0.05, 0.1) is 0 Å². The summed E-state index contributed by atoms with van der Waals surface area (Å²) in [4.78, 5) is -0.333. The highest BCUT2D eigenvalue weighted by Gasteiger charge is 2.14. The smallest absolute Gasteiger partial charge is 0.296 e. The highest BCUT2D eigenvalue weighted by Crippen LogP contribution is 2.31. The molecule has 0 heterocycles. The maximum absolute atomic E-state index is 11.2. The highest BCUT2D eigenvalue weighted by atomic mass is 32.2. The molecule has 0 fully saturated rings. The Labute approximate surface area is 122 Å². The third-order valence-corrected chi connectivity index (χ3v) is 3.76. The molecule has 2 aromatic rings. The lowest BCUT2D eigenvalue weighted by molar-refractivity contribution is 0.476. The highest BCUT2D eigenvalue weighted by molar-refractivity contribution is 7.86. The molecule has 21 heavy (non-hydrogen) atoms. The predicted octanol–water partition coefficient (Wildman–Crippen LogP) is 3.62. The van der Waals surface area contributed by atoms with Crippen molar-refractivity contribution in [1.82, 2.24) is 0 Å². The van der Waals surface area contributed by atoms with Crippen molar-refractivity contribution in [3.05, 3.63) is 48.0 Å². The molecule has 0 saturated heterocycles. The van der Waals surface area contributed by atoms with E-state index in [4.69, 9.17) is 4.55 Å². The van der Waals surface area contributed by atoms with Gasteiger partial charge in [-0.3, -0.25) is 4.55 Å². The zero-order valence-corrected chi connectivity index (χ0v) is 12.1. The van der Waals surface area contributed by atoms with Gasteiger partial charge in [-0.2, -0.15) is 8.42 Å². The Kier molecular flexibility index (Phi) is 4.35. The number of phenols is 1. The van der Waals surface area contributed by atoms with E-state index in [2.05, 4.69) is 10.2 Å². The maximum atomic E-state index is 11.2. The zero-order valence-electron chi connectivity index (χ0n) is 11.3. The quantitative estimate of drug-likeness (QED) is 0.665. The number of phenolic OH excluding ortho intramolecular Hbond substituents is 1. The van der Waals surface area contributed by atoms with Gasteiger partial charge in [0.15, 0.2) is 0 Å². The van der Waals surface area contributed by atoms with Crippen molar-refractivity contribution >= 4 is 21.5 Å². The molecule has 2 aromatic carbocycles. The van der Waals surface area contributed by atoms with Crippen LogP contribution in [0.4, 0.5) is 11.4 Å². The molecule has 0 aliphatic rings. The molecular weight excluding hydrogens is 292 g/mol. The van der Waals surface area contributed by atoms with Crippen LogP contribution in [0.25, 0.3) is 0 Å². The van der Waals surface area contributed by atoms with Gasteiger partial charge >= 0.3 is 0 Å². The van der Waals surface area contributed by atoms with E-state index >= 15 is 0 Å². The van der Waals surface area contributed by atoms with Crippen molar-refractivity contribution in [2.45, 2.75) is 18.2 Å². The molecule has 110 valence electrons. The van der Waals surface area contributed by atoms with Crippen LogP contribution < -0.4 is 0 Å². The zero-order chi connectivity index (χ0) is 15.5. The van der Waals surface area contributed by atoms with Gasteiger partial charge in [0.2, 0.25) is 0 Å². The van der Waals surface area contributed by atoms with Crippen LogP contribution in [0.5, 0.6) is 5.75 Å². The van der Waals surface area contributed by atoms with E-state index in [9.17, 15) is 13.5 Å². The summed E-state index contributed by atoms with van der Waals surface area (Å²) in [5, 5.41) is 17.4. The molecule has 7 heteroatoms. The molecule has 2 N–H and O–H groups in total. The summed E-state index contributed by atoms with van der Waals surface area (Å²) >= 11 is 0. The monoisotopic (exact) mass is 306 g/mol. The van der Waals surface area contributed by atoms with E-state index < -0.39 is 10.1 Å². The Morgan fingerprint density at radius 3 is 2.38 bits per heavy atom. The van der Waals surface area contributed by atoms with Gasteiger partial charge < -0.3 is 5.11 Å². The van der Waals surface area contributed by atoms with Crippen molar-refractivity contribution in [2.75, 3.05) is 0 Å². The van der Waals surface area contributed by atoms with E-state index in [1.165, 1.54) is 24.3 Å². The molecule has 0 amide bonds. The first-order chi connectivity index (χ1) is 9.91. The summed E-state index contributed by atoms with van der Waals surface area (Å²) in [7, 11) is -4.38. The minimum Gasteiger partial charge on any atom is -0.506 e. The Hall–Kier alpha value is -2.25. The number of azo groups is 1. The summed E-state index contributed by atoms with van der Waals surface area (Å²) in [6.45, 7) is 1.96. The van der Waals surface area contributed by atoms with E-state index in [1.807, 2.05) is 6.92 Å². The Bertz CT molecular complexity index is 785. The number of hydrogen-bond acceptors (Lipinski definition) is 5. The molecular formula is C14H14N2O4S. The topological polar surface area (TPSA) is 99.3 Å².